The maximum atomic E-state index is 12.5. The van der Waals surface area contributed by atoms with Crippen molar-refractivity contribution in [2.24, 2.45) is 0 Å². The van der Waals surface area contributed by atoms with Crippen LogP contribution in [0.15, 0.2) is 54.6 Å². The molecule has 6 heteroatoms. The van der Waals surface area contributed by atoms with Gasteiger partial charge in [-0.15, -0.1) is 0 Å². The van der Waals surface area contributed by atoms with Crippen LogP contribution in [-0.2, 0) is 16.0 Å². The van der Waals surface area contributed by atoms with Crippen molar-refractivity contribution in [3.05, 3.63) is 60.2 Å². The fourth-order valence-electron chi connectivity index (χ4n) is 3.63. The number of hydrogen-bond donors (Lipinski definition) is 1. The van der Waals surface area contributed by atoms with E-state index in [1.807, 2.05) is 48.5 Å². The highest BCUT2D eigenvalue weighted by Gasteiger charge is 2.23. The van der Waals surface area contributed by atoms with Gasteiger partial charge >= 0.3 is 0 Å². The summed E-state index contributed by atoms with van der Waals surface area (Å²) >= 11 is 0. The average Bonchev–Trinajstić information content (AvgIpc) is 2.74. The fourth-order valence-corrected chi connectivity index (χ4v) is 3.63. The molecule has 29 heavy (non-hydrogen) atoms. The Morgan fingerprint density at radius 1 is 1.00 bits per heavy atom. The summed E-state index contributed by atoms with van der Waals surface area (Å²) in [5.41, 5.74) is 2.12. The second kappa shape index (κ2) is 10.1. The summed E-state index contributed by atoms with van der Waals surface area (Å²) in [6.07, 6.45) is 0.517. The number of piperazine rings is 1. The van der Waals surface area contributed by atoms with Crippen LogP contribution in [0.1, 0.15) is 12.5 Å². The zero-order valence-corrected chi connectivity index (χ0v) is 17.1. The minimum absolute atomic E-state index is 0.0248. The first-order valence-electron chi connectivity index (χ1n) is 10.0. The maximum absolute atomic E-state index is 12.5. The number of amides is 1. The number of carbonyl (C=O) groups excluding carboxylic acids is 2. The summed E-state index contributed by atoms with van der Waals surface area (Å²) in [6.45, 7) is 5.06. The molecule has 1 atom stereocenters. The predicted octanol–water partition coefficient (Wildman–Crippen LogP) is 2.13. The van der Waals surface area contributed by atoms with Crippen molar-refractivity contribution >= 4 is 17.4 Å². The van der Waals surface area contributed by atoms with Gasteiger partial charge < -0.3 is 15.0 Å². The van der Waals surface area contributed by atoms with Crippen molar-refractivity contribution in [2.75, 3.05) is 44.7 Å². The van der Waals surface area contributed by atoms with Crippen molar-refractivity contribution < 1.29 is 14.3 Å². The molecule has 2 aromatic carbocycles. The molecular weight excluding hydrogens is 366 g/mol. The van der Waals surface area contributed by atoms with E-state index in [1.165, 1.54) is 6.92 Å². The predicted molar refractivity (Wildman–Crippen MR) is 114 cm³/mol. The summed E-state index contributed by atoms with van der Waals surface area (Å²) in [5.74, 6) is 0.735. The number of carbonyl (C=O) groups is 2. The van der Waals surface area contributed by atoms with E-state index in [0.29, 0.717) is 13.0 Å². The molecule has 1 saturated heterocycles. The van der Waals surface area contributed by atoms with E-state index in [0.717, 1.165) is 43.2 Å². The lowest BCUT2D eigenvalue weighted by atomic mass is 10.0. The Hall–Kier alpha value is -2.86. The third-order valence-corrected chi connectivity index (χ3v) is 5.27. The van der Waals surface area contributed by atoms with Crippen molar-refractivity contribution in [1.82, 2.24) is 10.2 Å². The van der Waals surface area contributed by atoms with Gasteiger partial charge in [0.1, 0.15) is 5.75 Å². The van der Waals surface area contributed by atoms with Crippen LogP contribution in [0.5, 0.6) is 5.75 Å². The van der Waals surface area contributed by atoms with Crippen LogP contribution in [-0.4, -0.2) is 62.5 Å². The molecule has 0 radical (unpaired) electrons. The largest absolute Gasteiger partial charge is 0.495 e. The van der Waals surface area contributed by atoms with E-state index in [1.54, 1.807) is 7.11 Å². The molecule has 1 N–H and O–H groups in total. The highest BCUT2D eigenvalue weighted by Crippen LogP contribution is 2.28. The van der Waals surface area contributed by atoms with Crippen molar-refractivity contribution in [3.8, 4) is 5.75 Å². The van der Waals surface area contributed by atoms with E-state index in [9.17, 15) is 9.59 Å². The van der Waals surface area contributed by atoms with E-state index in [-0.39, 0.29) is 11.7 Å². The summed E-state index contributed by atoms with van der Waals surface area (Å²) in [7, 11) is 1.68. The molecule has 1 amide bonds. The van der Waals surface area contributed by atoms with Gasteiger partial charge in [-0.2, -0.15) is 0 Å². The number of anilines is 1. The Balaban J connectivity index is 1.50. The SMILES string of the molecule is COc1ccccc1N1CCN(CC(=O)N[C@H](Cc2ccccc2)C(C)=O)CC1. The van der Waals surface area contributed by atoms with Crippen LogP contribution in [0.4, 0.5) is 5.69 Å². The minimum Gasteiger partial charge on any atom is -0.495 e. The van der Waals surface area contributed by atoms with Crippen LogP contribution < -0.4 is 15.0 Å². The lowest BCUT2D eigenvalue weighted by Crippen LogP contribution is -2.51. The van der Waals surface area contributed by atoms with Gasteiger partial charge in [-0.3, -0.25) is 14.5 Å². The quantitative estimate of drug-likeness (QED) is 0.742. The molecule has 0 bridgehead atoms. The van der Waals surface area contributed by atoms with Gasteiger partial charge in [-0.25, -0.2) is 0 Å². The minimum atomic E-state index is -0.486. The van der Waals surface area contributed by atoms with Gasteiger partial charge in [0, 0.05) is 26.2 Å². The average molecular weight is 396 g/mol. The molecule has 6 nitrogen and oxygen atoms in total. The molecule has 1 aliphatic rings. The molecule has 1 aliphatic heterocycles. The maximum Gasteiger partial charge on any atom is 0.234 e. The van der Waals surface area contributed by atoms with E-state index in [4.69, 9.17) is 4.74 Å². The number of Topliss-reactive ketones (excluding diaryl/α,β-unsaturated/α-hetero) is 1. The zero-order chi connectivity index (χ0) is 20.6. The van der Waals surface area contributed by atoms with Gasteiger partial charge in [-0.1, -0.05) is 42.5 Å². The lowest BCUT2D eigenvalue weighted by molar-refractivity contribution is -0.127. The van der Waals surface area contributed by atoms with E-state index < -0.39 is 6.04 Å². The summed E-state index contributed by atoms with van der Waals surface area (Å²) in [5, 5.41) is 2.91. The highest BCUT2D eigenvalue weighted by molar-refractivity contribution is 5.88. The van der Waals surface area contributed by atoms with Crippen LogP contribution in [0.3, 0.4) is 0 Å². The Bertz CT molecular complexity index is 817. The highest BCUT2D eigenvalue weighted by atomic mass is 16.5. The second-order valence-corrected chi connectivity index (χ2v) is 7.36. The molecule has 3 rings (SSSR count). The first-order chi connectivity index (χ1) is 14.1. The van der Waals surface area contributed by atoms with Crippen molar-refractivity contribution in [2.45, 2.75) is 19.4 Å². The molecule has 0 spiro atoms. The van der Waals surface area contributed by atoms with E-state index in [2.05, 4.69) is 21.2 Å². The smallest absolute Gasteiger partial charge is 0.234 e. The number of nitrogens with zero attached hydrogens (tertiary/aromatic N) is 2. The van der Waals surface area contributed by atoms with Crippen LogP contribution in [0.2, 0.25) is 0 Å². The van der Waals surface area contributed by atoms with Crippen molar-refractivity contribution in [1.29, 1.82) is 0 Å². The molecule has 1 fully saturated rings. The van der Waals surface area contributed by atoms with Gasteiger partial charge in [0.15, 0.2) is 5.78 Å². The molecule has 2 aromatic rings. The van der Waals surface area contributed by atoms with Crippen molar-refractivity contribution in [3.63, 3.8) is 0 Å². The molecule has 0 aromatic heterocycles. The Labute approximate surface area is 172 Å². The normalized spacial score (nSPS) is 15.6. The number of para-hydroxylation sites is 2. The number of hydrogen-bond acceptors (Lipinski definition) is 5. The van der Waals surface area contributed by atoms with Gasteiger partial charge in [0.25, 0.3) is 0 Å². The molecule has 1 heterocycles. The molecule has 0 aliphatic carbocycles. The number of rotatable bonds is 8. The third-order valence-electron chi connectivity index (χ3n) is 5.27. The number of methoxy groups -OCH3 is 1. The molecule has 0 saturated carbocycles. The number of benzene rings is 2. The Kier molecular flexibility index (Phi) is 7.25. The second-order valence-electron chi connectivity index (χ2n) is 7.36. The first-order valence-corrected chi connectivity index (χ1v) is 10.0. The summed E-state index contributed by atoms with van der Waals surface area (Å²) in [4.78, 5) is 28.9. The van der Waals surface area contributed by atoms with Crippen LogP contribution in [0, 0.1) is 0 Å². The van der Waals surface area contributed by atoms with Gasteiger partial charge in [0.2, 0.25) is 5.91 Å². The third kappa shape index (κ3) is 5.81. The fraction of sp³-hybridized carbons (Fsp3) is 0.391. The number of ether oxygens (including phenoxy) is 1. The van der Waals surface area contributed by atoms with E-state index >= 15 is 0 Å². The Morgan fingerprint density at radius 3 is 2.31 bits per heavy atom. The molecule has 0 unspecified atom stereocenters. The number of ketones is 1. The summed E-state index contributed by atoms with van der Waals surface area (Å²) < 4.78 is 5.45. The van der Waals surface area contributed by atoms with Crippen LogP contribution >= 0.6 is 0 Å². The topological polar surface area (TPSA) is 61.9 Å². The lowest BCUT2D eigenvalue weighted by Gasteiger charge is -2.36. The van der Waals surface area contributed by atoms with Gasteiger partial charge in [0.05, 0.1) is 25.4 Å². The van der Waals surface area contributed by atoms with Crippen LogP contribution in [0.25, 0.3) is 0 Å². The van der Waals surface area contributed by atoms with Gasteiger partial charge in [-0.05, 0) is 31.0 Å². The summed E-state index contributed by atoms with van der Waals surface area (Å²) in [6, 6.07) is 17.3. The monoisotopic (exact) mass is 395 g/mol. The number of nitrogens with one attached hydrogen (secondary N) is 1. The first kappa shape index (κ1) is 20.9. The Morgan fingerprint density at radius 2 is 1.66 bits per heavy atom. The molecular formula is C23H29N3O3. The standard InChI is InChI=1S/C23H29N3O3/c1-18(27)20(16-19-8-4-3-5-9-19)24-23(28)17-25-12-14-26(15-13-25)21-10-6-7-11-22(21)29-2/h3-11,20H,12-17H2,1-2H3,(H,24,28)/t20-/m1/s1. The zero-order valence-electron chi connectivity index (χ0n) is 17.1. The molecule has 154 valence electrons.